The first-order valence-corrected chi connectivity index (χ1v) is 19.9. The molecule has 3 aromatic rings. The van der Waals surface area contributed by atoms with E-state index in [0.717, 1.165) is 80.6 Å². The minimum Gasteiger partial charge on any atom is -0.508 e. The van der Waals surface area contributed by atoms with E-state index in [9.17, 15) is 19.5 Å². The van der Waals surface area contributed by atoms with E-state index in [1.807, 2.05) is 37.3 Å². The predicted octanol–water partition coefficient (Wildman–Crippen LogP) is 7.11. The quantitative estimate of drug-likeness (QED) is 0.0785. The van der Waals surface area contributed by atoms with E-state index in [4.69, 9.17) is 9.47 Å². The third-order valence-corrected chi connectivity index (χ3v) is 11.6. The number of carbonyl (C=O) groups excluding carboxylic acids is 3. The molecule has 2 fully saturated rings. The number of aromatic hydroxyl groups is 1. The van der Waals surface area contributed by atoms with E-state index in [-0.39, 0.29) is 36.2 Å². The van der Waals surface area contributed by atoms with Crippen LogP contribution in [0.5, 0.6) is 5.75 Å². The Morgan fingerprint density at radius 1 is 0.964 bits per heavy atom. The van der Waals surface area contributed by atoms with Gasteiger partial charge in [-0.1, -0.05) is 61.2 Å². The summed E-state index contributed by atoms with van der Waals surface area (Å²) in [6, 6.07) is 21.7. The molecule has 3 aromatic carbocycles. The van der Waals surface area contributed by atoms with Crippen molar-refractivity contribution in [2.45, 2.75) is 88.8 Å². The molecule has 0 aromatic heterocycles. The number of phenolic OH excluding ortho intramolecular Hbond substituents is 1. The van der Waals surface area contributed by atoms with Crippen molar-refractivity contribution in [1.82, 2.24) is 15.1 Å². The molecule has 55 heavy (non-hydrogen) atoms. The van der Waals surface area contributed by atoms with Gasteiger partial charge in [0.2, 0.25) is 11.8 Å². The fraction of sp³-hybridized carbons (Fsp3) is 0.413. The van der Waals surface area contributed by atoms with Gasteiger partial charge < -0.3 is 24.4 Å². The molecule has 0 radical (unpaired) electrons. The van der Waals surface area contributed by atoms with Crippen LogP contribution in [0.15, 0.2) is 103 Å². The summed E-state index contributed by atoms with van der Waals surface area (Å²) in [5, 5.41) is 12.5. The number of nitrogens with zero attached hydrogens (tertiary/aromatic N) is 2. The van der Waals surface area contributed by atoms with E-state index in [1.54, 1.807) is 11.0 Å². The van der Waals surface area contributed by atoms with Crippen molar-refractivity contribution in [1.29, 1.82) is 0 Å². The molecule has 3 heterocycles. The van der Waals surface area contributed by atoms with Crippen LogP contribution >= 0.6 is 0 Å². The first-order valence-electron chi connectivity index (χ1n) is 19.9. The molecule has 1 aliphatic carbocycles. The summed E-state index contributed by atoms with van der Waals surface area (Å²) in [6.07, 6.45) is 12.7. The smallest absolute Gasteiger partial charge is 0.255 e. The molecular weight excluding hydrogens is 691 g/mol. The fourth-order valence-corrected chi connectivity index (χ4v) is 8.80. The van der Waals surface area contributed by atoms with Gasteiger partial charge in [-0.05, 0) is 128 Å². The van der Waals surface area contributed by atoms with Gasteiger partial charge in [0, 0.05) is 37.5 Å². The average molecular weight is 744 g/mol. The SMILES string of the molecule is C=C(/C=C\C(=C/C)OCCCN1CCCC(OCCc2ccc3c(c2)CN([C@H]2CCC(=O)NC2=O)C3=O)C1)[C@@H]1c2ccc(O)cc2CC[C@@H]1c1ccccc1. The van der Waals surface area contributed by atoms with Crippen LogP contribution in [0.2, 0.25) is 0 Å². The molecular formula is C46H53N3O6. The minimum atomic E-state index is -0.602. The van der Waals surface area contributed by atoms with Gasteiger partial charge in [-0.2, -0.15) is 0 Å². The van der Waals surface area contributed by atoms with Crippen molar-refractivity contribution in [2.24, 2.45) is 0 Å². The summed E-state index contributed by atoms with van der Waals surface area (Å²) in [6.45, 7) is 11.1. The summed E-state index contributed by atoms with van der Waals surface area (Å²) < 4.78 is 12.6. The number of hydrogen-bond donors (Lipinski definition) is 2. The van der Waals surface area contributed by atoms with Gasteiger partial charge in [0.15, 0.2) is 0 Å². The van der Waals surface area contributed by atoms with Crippen LogP contribution in [-0.2, 0) is 38.4 Å². The Hall–Kier alpha value is -4.99. The van der Waals surface area contributed by atoms with Crippen molar-refractivity contribution >= 4 is 17.7 Å². The first kappa shape index (κ1) is 38.3. The molecule has 288 valence electrons. The second kappa shape index (κ2) is 17.6. The Labute approximate surface area is 324 Å². The minimum absolute atomic E-state index is 0.118. The van der Waals surface area contributed by atoms with E-state index >= 15 is 0 Å². The molecule has 0 spiro atoms. The maximum Gasteiger partial charge on any atom is 0.255 e. The third kappa shape index (κ3) is 9.11. The standard InChI is InChI=1S/C46H53N3O6/c1-3-37(16-12-31(2)44-39(33-9-5-4-6-10-33)18-14-34-28-36(50)15-19-40(34)44)54-25-8-24-48-23-7-11-38(30-48)55-26-22-32-13-17-41-35(27-32)29-49(46(41)53)42-20-21-43(51)47-45(42)52/h3-6,9-10,12-13,15-17,19,27-28,38-39,42,44,50H,2,7-8,11,14,18,20-26,29-30H2,1H3,(H,47,51,52)/b16-12-,37-3+/t38?,39-,42+,44+/m1/s1. The van der Waals surface area contributed by atoms with Crippen LogP contribution in [0.1, 0.15) is 95.5 Å². The van der Waals surface area contributed by atoms with Gasteiger partial charge in [-0.25, -0.2) is 0 Å². The highest BCUT2D eigenvalue weighted by Gasteiger charge is 2.39. The average Bonchev–Trinajstić information content (AvgIpc) is 3.52. The summed E-state index contributed by atoms with van der Waals surface area (Å²) in [4.78, 5) is 41.1. The maximum atomic E-state index is 13.0. The Bertz CT molecular complexity index is 1950. The zero-order valence-electron chi connectivity index (χ0n) is 31.9. The largest absolute Gasteiger partial charge is 0.508 e. The van der Waals surface area contributed by atoms with Gasteiger partial charge in [0.05, 0.1) is 19.3 Å². The molecule has 3 amide bonds. The van der Waals surface area contributed by atoms with Crippen molar-refractivity contribution in [2.75, 3.05) is 32.8 Å². The van der Waals surface area contributed by atoms with Gasteiger partial charge in [-0.15, -0.1) is 0 Å². The van der Waals surface area contributed by atoms with E-state index < -0.39 is 6.04 Å². The van der Waals surface area contributed by atoms with Crippen LogP contribution in [0.25, 0.3) is 0 Å². The zero-order valence-corrected chi connectivity index (χ0v) is 31.9. The van der Waals surface area contributed by atoms with Crippen LogP contribution in [0.4, 0.5) is 0 Å². The lowest BCUT2D eigenvalue weighted by atomic mass is 9.69. The highest BCUT2D eigenvalue weighted by Crippen LogP contribution is 2.47. The number of allylic oxidation sites excluding steroid dienone is 4. The predicted molar refractivity (Wildman–Crippen MR) is 213 cm³/mol. The van der Waals surface area contributed by atoms with E-state index in [1.165, 1.54) is 16.7 Å². The molecule has 4 atom stereocenters. The van der Waals surface area contributed by atoms with Crippen molar-refractivity contribution in [3.63, 3.8) is 0 Å². The van der Waals surface area contributed by atoms with E-state index in [2.05, 4.69) is 65.3 Å². The van der Waals surface area contributed by atoms with E-state index in [0.29, 0.717) is 43.4 Å². The molecule has 9 nitrogen and oxygen atoms in total. The van der Waals surface area contributed by atoms with Crippen LogP contribution in [-0.4, -0.2) is 77.6 Å². The lowest BCUT2D eigenvalue weighted by Gasteiger charge is -2.35. The number of carbonyl (C=O) groups is 3. The molecule has 0 saturated carbocycles. The normalized spacial score (nSPS) is 23.1. The molecule has 2 saturated heterocycles. The Kier molecular flexibility index (Phi) is 12.3. The molecule has 7 rings (SSSR count). The summed E-state index contributed by atoms with van der Waals surface area (Å²) in [7, 11) is 0. The van der Waals surface area contributed by atoms with Gasteiger partial charge in [0.1, 0.15) is 17.6 Å². The first-order chi connectivity index (χ1) is 26.8. The number of aryl methyl sites for hydroxylation is 1. The Balaban J connectivity index is 0.847. The van der Waals surface area contributed by atoms with Gasteiger partial charge >= 0.3 is 0 Å². The molecule has 9 heteroatoms. The maximum absolute atomic E-state index is 13.0. The zero-order chi connectivity index (χ0) is 38.3. The second-order valence-electron chi connectivity index (χ2n) is 15.3. The second-order valence-corrected chi connectivity index (χ2v) is 15.3. The topological polar surface area (TPSA) is 108 Å². The van der Waals surface area contributed by atoms with Gasteiger partial charge in [0.25, 0.3) is 5.91 Å². The van der Waals surface area contributed by atoms with Crippen molar-refractivity contribution < 1.29 is 29.0 Å². The van der Waals surface area contributed by atoms with Gasteiger partial charge in [-0.3, -0.25) is 19.7 Å². The fourth-order valence-electron chi connectivity index (χ4n) is 8.80. The molecule has 3 aliphatic heterocycles. The number of piperidine rings is 2. The number of imide groups is 1. The molecule has 2 N–H and O–H groups in total. The lowest BCUT2D eigenvalue weighted by Crippen LogP contribution is -2.52. The van der Waals surface area contributed by atoms with Crippen LogP contribution < -0.4 is 5.32 Å². The molecule has 0 bridgehead atoms. The van der Waals surface area contributed by atoms with Crippen LogP contribution in [0, 0.1) is 0 Å². The number of nitrogens with one attached hydrogen (secondary N) is 1. The third-order valence-electron chi connectivity index (χ3n) is 11.6. The van der Waals surface area contributed by atoms with Crippen LogP contribution in [0.3, 0.4) is 0 Å². The number of rotatable bonds is 14. The Morgan fingerprint density at radius 3 is 2.64 bits per heavy atom. The number of phenols is 1. The lowest BCUT2D eigenvalue weighted by molar-refractivity contribution is -0.136. The summed E-state index contributed by atoms with van der Waals surface area (Å²) >= 11 is 0. The highest BCUT2D eigenvalue weighted by molar-refractivity contribution is 6.05. The summed E-state index contributed by atoms with van der Waals surface area (Å²) in [5.74, 6) is 0.756. The summed E-state index contributed by atoms with van der Waals surface area (Å²) in [5.41, 5.74) is 7.44. The monoisotopic (exact) mass is 743 g/mol. The number of amides is 3. The van der Waals surface area contributed by atoms with Crippen molar-refractivity contribution in [3.05, 3.63) is 136 Å². The number of benzene rings is 3. The number of ether oxygens (including phenoxy) is 2. The molecule has 4 aliphatic rings. The Morgan fingerprint density at radius 2 is 1.82 bits per heavy atom. The number of hydrogen-bond acceptors (Lipinski definition) is 7. The molecule has 1 unspecified atom stereocenters. The highest BCUT2D eigenvalue weighted by atomic mass is 16.5. The number of fused-ring (bicyclic) bond motifs is 2. The number of likely N-dealkylation sites (tertiary alicyclic amines) is 1. The van der Waals surface area contributed by atoms with Crippen molar-refractivity contribution in [3.8, 4) is 5.75 Å².